The van der Waals surface area contributed by atoms with Crippen molar-refractivity contribution in [1.82, 2.24) is 0 Å². The molecule has 5 heteroatoms. The predicted molar refractivity (Wildman–Crippen MR) is 56.2 cm³/mol. The topological polar surface area (TPSA) is 43.1 Å². The molecule has 0 amide bonds. The second-order valence-corrected chi connectivity index (χ2v) is 4.26. The average molecular weight is 258 g/mol. The third-order valence-electron chi connectivity index (χ3n) is 1.73. The van der Waals surface area contributed by atoms with Gasteiger partial charge in [-0.3, -0.25) is 10.1 Å². The van der Waals surface area contributed by atoms with E-state index in [2.05, 4.69) is 15.9 Å². The summed E-state index contributed by atoms with van der Waals surface area (Å²) in [6.07, 6.45) is 0. The molecule has 0 aliphatic heterocycles. The summed E-state index contributed by atoms with van der Waals surface area (Å²) in [5, 5.41) is 12.9. The van der Waals surface area contributed by atoms with Gasteiger partial charge < -0.3 is 0 Å². The van der Waals surface area contributed by atoms with Gasteiger partial charge in [0, 0.05) is 9.17 Å². The first-order chi connectivity index (χ1) is 6.20. The summed E-state index contributed by atoms with van der Waals surface area (Å²) in [5.74, 6) is 0. The van der Waals surface area contributed by atoms with Crippen LogP contribution in [0, 0.1) is 10.1 Å². The Kier molecular flexibility index (Phi) is 2.05. The van der Waals surface area contributed by atoms with Crippen molar-refractivity contribution in [1.29, 1.82) is 0 Å². The molecule has 0 radical (unpaired) electrons. The van der Waals surface area contributed by atoms with Crippen molar-refractivity contribution in [2.75, 3.05) is 0 Å². The minimum atomic E-state index is -0.358. The summed E-state index contributed by atoms with van der Waals surface area (Å²) >= 11 is 4.68. The van der Waals surface area contributed by atoms with Gasteiger partial charge in [0.25, 0.3) is 5.69 Å². The number of nitro groups is 1. The van der Waals surface area contributed by atoms with Crippen LogP contribution in [0.1, 0.15) is 0 Å². The number of thiophene rings is 1. The lowest BCUT2D eigenvalue weighted by Crippen LogP contribution is -1.85. The molecule has 0 aliphatic rings. The lowest BCUT2D eigenvalue weighted by Gasteiger charge is -1.92. The standard InChI is InChI=1S/C8H4BrNO2S/c9-5-2-1-3-7-8(5)6(4-13-7)10(11)12/h1-4H. The van der Waals surface area contributed by atoms with Crippen molar-refractivity contribution in [3.05, 3.63) is 38.2 Å². The zero-order valence-electron chi connectivity index (χ0n) is 6.36. The lowest BCUT2D eigenvalue weighted by molar-refractivity contribution is -0.382. The molecule has 0 fully saturated rings. The van der Waals surface area contributed by atoms with E-state index in [-0.39, 0.29) is 10.6 Å². The first kappa shape index (κ1) is 8.65. The van der Waals surface area contributed by atoms with Gasteiger partial charge in [0.15, 0.2) is 0 Å². The highest BCUT2D eigenvalue weighted by atomic mass is 79.9. The molecular formula is C8H4BrNO2S. The summed E-state index contributed by atoms with van der Waals surface area (Å²) in [5.41, 5.74) is 0.174. The quantitative estimate of drug-likeness (QED) is 0.579. The Balaban J connectivity index is 2.86. The number of fused-ring (bicyclic) bond motifs is 1. The monoisotopic (exact) mass is 257 g/mol. The first-order valence-corrected chi connectivity index (χ1v) is 5.17. The van der Waals surface area contributed by atoms with Crippen LogP contribution in [0.25, 0.3) is 10.1 Å². The Hall–Kier alpha value is -0.940. The Morgan fingerprint density at radius 3 is 2.92 bits per heavy atom. The van der Waals surface area contributed by atoms with Crippen molar-refractivity contribution in [2.45, 2.75) is 0 Å². The van der Waals surface area contributed by atoms with E-state index < -0.39 is 0 Å². The zero-order valence-corrected chi connectivity index (χ0v) is 8.76. The van der Waals surface area contributed by atoms with E-state index >= 15 is 0 Å². The number of halogens is 1. The summed E-state index contributed by atoms with van der Waals surface area (Å²) in [4.78, 5) is 10.3. The number of hydrogen-bond donors (Lipinski definition) is 0. The third-order valence-corrected chi connectivity index (χ3v) is 3.32. The molecule has 0 saturated heterocycles. The molecular weight excluding hydrogens is 254 g/mol. The van der Waals surface area contributed by atoms with Crippen molar-refractivity contribution in [3.8, 4) is 0 Å². The fourth-order valence-electron chi connectivity index (χ4n) is 1.16. The molecule has 13 heavy (non-hydrogen) atoms. The van der Waals surface area contributed by atoms with Gasteiger partial charge in [-0.1, -0.05) is 6.07 Å². The fraction of sp³-hybridized carbons (Fsp3) is 0. The molecule has 0 N–H and O–H groups in total. The molecule has 1 aromatic heterocycles. The molecule has 2 rings (SSSR count). The van der Waals surface area contributed by atoms with Crippen LogP contribution in [-0.2, 0) is 0 Å². The summed E-state index contributed by atoms with van der Waals surface area (Å²) < 4.78 is 1.71. The molecule has 0 saturated carbocycles. The number of benzene rings is 1. The van der Waals surface area contributed by atoms with Crippen LogP contribution >= 0.6 is 27.3 Å². The zero-order chi connectivity index (χ0) is 9.42. The fourth-order valence-corrected chi connectivity index (χ4v) is 2.80. The molecule has 0 unspecified atom stereocenters. The highest BCUT2D eigenvalue weighted by molar-refractivity contribution is 9.10. The van der Waals surface area contributed by atoms with E-state index in [0.717, 1.165) is 9.17 Å². The van der Waals surface area contributed by atoms with E-state index in [0.29, 0.717) is 5.39 Å². The molecule has 2 aromatic rings. The van der Waals surface area contributed by atoms with Gasteiger partial charge in [-0.2, -0.15) is 0 Å². The minimum Gasteiger partial charge on any atom is -0.258 e. The van der Waals surface area contributed by atoms with Crippen molar-refractivity contribution in [3.63, 3.8) is 0 Å². The normalized spacial score (nSPS) is 10.5. The van der Waals surface area contributed by atoms with Crippen LogP contribution < -0.4 is 0 Å². The first-order valence-electron chi connectivity index (χ1n) is 3.50. The largest absolute Gasteiger partial charge is 0.288 e. The maximum Gasteiger partial charge on any atom is 0.288 e. The maximum absolute atomic E-state index is 10.6. The van der Waals surface area contributed by atoms with Crippen LogP contribution in [-0.4, -0.2) is 4.92 Å². The van der Waals surface area contributed by atoms with E-state index in [1.165, 1.54) is 11.3 Å². The van der Waals surface area contributed by atoms with E-state index in [1.807, 2.05) is 18.2 Å². The van der Waals surface area contributed by atoms with Gasteiger partial charge in [0.1, 0.15) is 0 Å². The van der Waals surface area contributed by atoms with Crippen LogP contribution in [0.15, 0.2) is 28.1 Å². The SMILES string of the molecule is O=[N+]([O-])c1csc2cccc(Br)c12. The van der Waals surface area contributed by atoms with Crippen molar-refractivity contribution >= 4 is 43.0 Å². The van der Waals surface area contributed by atoms with Gasteiger partial charge in [-0.05, 0) is 28.1 Å². The number of hydrogen-bond acceptors (Lipinski definition) is 3. The second kappa shape index (κ2) is 3.08. The van der Waals surface area contributed by atoms with Crippen LogP contribution in [0.4, 0.5) is 5.69 Å². The highest BCUT2D eigenvalue weighted by Gasteiger charge is 2.15. The van der Waals surface area contributed by atoms with Crippen molar-refractivity contribution in [2.24, 2.45) is 0 Å². The van der Waals surface area contributed by atoms with Gasteiger partial charge in [-0.25, -0.2) is 0 Å². The van der Waals surface area contributed by atoms with Gasteiger partial charge in [0.05, 0.1) is 15.7 Å². The number of rotatable bonds is 1. The van der Waals surface area contributed by atoms with Crippen molar-refractivity contribution < 1.29 is 4.92 Å². The summed E-state index contributed by atoms with van der Waals surface area (Å²) in [6.45, 7) is 0. The highest BCUT2D eigenvalue weighted by Crippen LogP contribution is 2.36. The summed E-state index contributed by atoms with van der Waals surface area (Å²) in [6, 6.07) is 5.55. The Bertz CT molecular complexity index is 480. The Labute approximate surface area is 86.3 Å². The molecule has 0 aliphatic carbocycles. The van der Waals surface area contributed by atoms with E-state index in [9.17, 15) is 10.1 Å². The average Bonchev–Trinajstić information content (AvgIpc) is 2.49. The molecule has 0 bridgehead atoms. The number of nitrogens with zero attached hydrogens (tertiary/aromatic N) is 1. The van der Waals surface area contributed by atoms with E-state index in [1.54, 1.807) is 5.38 Å². The summed E-state index contributed by atoms with van der Waals surface area (Å²) in [7, 11) is 0. The Morgan fingerprint density at radius 2 is 2.23 bits per heavy atom. The molecule has 1 heterocycles. The third kappa shape index (κ3) is 1.34. The smallest absolute Gasteiger partial charge is 0.258 e. The van der Waals surface area contributed by atoms with Gasteiger partial charge in [-0.15, -0.1) is 11.3 Å². The second-order valence-electron chi connectivity index (χ2n) is 2.49. The lowest BCUT2D eigenvalue weighted by atomic mass is 10.2. The van der Waals surface area contributed by atoms with Crippen LogP contribution in [0.3, 0.4) is 0 Å². The molecule has 3 nitrogen and oxygen atoms in total. The van der Waals surface area contributed by atoms with Crippen LogP contribution in [0.2, 0.25) is 0 Å². The molecule has 1 aromatic carbocycles. The predicted octanol–water partition coefficient (Wildman–Crippen LogP) is 3.57. The van der Waals surface area contributed by atoms with Crippen LogP contribution in [0.5, 0.6) is 0 Å². The molecule has 0 spiro atoms. The molecule has 0 atom stereocenters. The maximum atomic E-state index is 10.6. The van der Waals surface area contributed by atoms with Gasteiger partial charge in [0.2, 0.25) is 0 Å². The Morgan fingerprint density at radius 1 is 1.46 bits per heavy atom. The van der Waals surface area contributed by atoms with Gasteiger partial charge >= 0.3 is 0 Å². The van der Waals surface area contributed by atoms with E-state index in [4.69, 9.17) is 0 Å². The minimum absolute atomic E-state index is 0.174. The molecule has 66 valence electrons.